The van der Waals surface area contributed by atoms with Crippen LogP contribution in [-0.2, 0) is 0 Å². The van der Waals surface area contributed by atoms with Gasteiger partial charge in [0.05, 0.1) is 34.2 Å². The van der Waals surface area contributed by atoms with Crippen molar-refractivity contribution in [2.45, 2.75) is 0 Å². The molecule has 0 unspecified atom stereocenters. The number of benzene rings is 2. The molecule has 0 atom stereocenters. The molecule has 146 valence electrons. The van der Waals surface area contributed by atoms with E-state index in [-0.39, 0.29) is 28.6 Å². The number of aromatic nitrogens is 2. The maximum Gasteiger partial charge on any atom is 0.199 e. The third kappa shape index (κ3) is 2.86. The van der Waals surface area contributed by atoms with E-state index in [2.05, 4.69) is 14.9 Å². The van der Waals surface area contributed by atoms with Crippen LogP contribution in [0.2, 0.25) is 0 Å². The quantitative estimate of drug-likeness (QED) is 0.725. The predicted octanol–water partition coefficient (Wildman–Crippen LogP) is 3.14. The van der Waals surface area contributed by atoms with E-state index < -0.39 is 0 Å². The molecule has 3 aromatic rings. The van der Waals surface area contributed by atoms with Crippen LogP contribution in [0.1, 0.15) is 21.6 Å². The van der Waals surface area contributed by atoms with Crippen LogP contribution in [0.5, 0.6) is 0 Å². The van der Waals surface area contributed by atoms with Gasteiger partial charge in [-0.15, -0.1) is 0 Å². The van der Waals surface area contributed by atoms with E-state index in [1.165, 1.54) is 12.3 Å². The lowest BCUT2D eigenvalue weighted by Crippen LogP contribution is -2.44. The van der Waals surface area contributed by atoms with Crippen LogP contribution >= 0.6 is 0 Å². The van der Waals surface area contributed by atoms with E-state index >= 15 is 0 Å². The van der Waals surface area contributed by atoms with Crippen LogP contribution in [-0.4, -0.2) is 59.0 Å². The van der Waals surface area contributed by atoms with Crippen LogP contribution < -0.4 is 4.90 Å². The lowest BCUT2D eigenvalue weighted by Gasteiger charge is -2.34. The molecular formula is C22H19FN4O2. The van der Waals surface area contributed by atoms with Gasteiger partial charge in [0.15, 0.2) is 5.78 Å². The van der Waals surface area contributed by atoms with Crippen molar-refractivity contribution in [3.05, 3.63) is 65.2 Å². The maximum atomic E-state index is 14.7. The number of hydrogen-bond donors (Lipinski definition) is 1. The van der Waals surface area contributed by atoms with Gasteiger partial charge in [0.25, 0.3) is 0 Å². The first-order valence-corrected chi connectivity index (χ1v) is 9.50. The van der Waals surface area contributed by atoms with E-state index in [1.807, 2.05) is 11.9 Å². The van der Waals surface area contributed by atoms with Gasteiger partial charge in [-0.1, -0.05) is 24.3 Å². The van der Waals surface area contributed by atoms with E-state index in [9.17, 15) is 14.3 Å². The summed E-state index contributed by atoms with van der Waals surface area (Å²) in [5, 5.41) is 10.6. The molecule has 2 heterocycles. The molecule has 0 saturated carbocycles. The number of carbonyl (C=O) groups excluding carboxylic acids is 1. The summed E-state index contributed by atoms with van der Waals surface area (Å²) in [6.07, 6.45) is 1.41. The molecule has 2 aromatic carbocycles. The minimum absolute atomic E-state index is 0.0966. The number of allylic oxidation sites excluding steroid dienone is 1. The highest BCUT2D eigenvalue weighted by Gasteiger charge is 2.31. The summed E-state index contributed by atoms with van der Waals surface area (Å²) < 4.78 is 14.7. The van der Waals surface area contributed by atoms with Crippen LogP contribution in [0.4, 0.5) is 10.1 Å². The fourth-order valence-electron chi connectivity index (χ4n) is 3.93. The zero-order valence-corrected chi connectivity index (χ0v) is 15.9. The Morgan fingerprint density at radius 3 is 2.48 bits per heavy atom. The molecule has 2 aliphatic rings. The van der Waals surface area contributed by atoms with E-state index in [0.717, 1.165) is 26.2 Å². The minimum atomic E-state index is -0.337. The molecule has 1 N–H and O–H groups in total. The average Bonchev–Trinajstić information content (AvgIpc) is 2.99. The second kappa shape index (κ2) is 6.63. The Balaban J connectivity index is 1.58. The Morgan fingerprint density at radius 1 is 1.03 bits per heavy atom. The van der Waals surface area contributed by atoms with Gasteiger partial charge in [0, 0.05) is 43.4 Å². The number of anilines is 1. The normalized spacial score (nSPS) is 17.3. The fraction of sp³-hybridized carbons (Fsp3) is 0.227. The number of likely N-dealkylation sites (N-methyl/N-ethyl adjacent to an activating group) is 1. The molecule has 1 aromatic heterocycles. The number of halogens is 1. The number of nitrogens with zero attached hydrogens (tertiary/aromatic N) is 4. The third-order valence-electron chi connectivity index (χ3n) is 5.60. The van der Waals surface area contributed by atoms with E-state index in [4.69, 9.17) is 0 Å². The Labute approximate surface area is 166 Å². The maximum absolute atomic E-state index is 14.7. The molecule has 0 spiro atoms. The van der Waals surface area contributed by atoms with Gasteiger partial charge in [-0.2, -0.15) is 0 Å². The zero-order valence-electron chi connectivity index (χ0n) is 15.9. The summed E-state index contributed by atoms with van der Waals surface area (Å²) in [6.45, 7) is 3.17. The number of ketones is 1. The van der Waals surface area contributed by atoms with Crippen molar-refractivity contribution < 1.29 is 14.3 Å². The monoisotopic (exact) mass is 390 g/mol. The lowest BCUT2D eigenvalue weighted by atomic mass is 10.1. The van der Waals surface area contributed by atoms with Crippen molar-refractivity contribution >= 4 is 33.8 Å². The number of carbonyl (C=O) groups is 1. The molecule has 0 bridgehead atoms. The standard InChI is InChI=1S/C22H19FN4O2/c1-26-6-8-27(9-7-26)19-11-17-16(10-15(19)23)24-12-18(25-17)20-21(28)13-4-2-3-5-14(13)22(20)29/h2-5,10-12,28H,6-9H2,1H3. The fourth-order valence-corrected chi connectivity index (χ4v) is 3.93. The lowest BCUT2D eigenvalue weighted by molar-refractivity contribution is 0.105. The molecule has 6 nitrogen and oxygen atoms in total. The molecule has 0 amide bonds. The molecular weight excluding hydrogens is 371 g/mol. The molecule has 7 heteroatoms. The zero-order chi connectivity index (χ0) is 20.1. The Hall–Kier alpha value is -3.32. The number of fused-ring (bicyclic) bond motifs is 2. The molecule has 1 saturated heterocycles. The molecule has 5 rings (SSSR count). The van der Waals surface area contributed by atoms with Crippen LogP contribution in [0, 0.1) is 5.82 Å². The summed E-state index contributed by atoms with van der Waals surface area (Å²) in [5.41, 5.74) is 2.73. The third-order valence-corrected chi connectivity index (χ3v) is 5.60. The predicted molar refractivity (Wildman–Crippen MR) is 109 cm³/mol. The largest absolute Gasteiger partial charge is 0.506 e. The number of piperazine rings is 1. The Bertz CT molecular complexity index is 1180. The Morgan fingerprint density at radius 2 is 1.76 bits per heavy atom. The van der Waals surface area contributed by atoms with Crippen molar-refractivity contribution in [2.75, 3.05) is 38.1 Å². The second-order valence-electron chi connectivity index (χ2n) is 7.44. The molecule has 1 fully saturated rings. The van der Waals surface area contributed by atoms with Gasteiger partial charge in [-0.05, 0) is 13.1 Å². The van der Waals surface area contributed by atoms with Gasteiger partial charge in [-0.3, -0.25) is 9.78 Å². The summed E-state index contributed by atoms with van der Waals surface area (Å²) >= 11 is 0. The van der Waals surface area contributed by atoms with Crippen LogP contribution in [0.3, 0.4) is 0 Å². The first kappa shape index (κ1) is 17.8. The van der Waals surface area contributed by atoms with Crippen LogP contribution in [0.15, 0.2) is 42.6 Å². The molecule has 1 aliphatic carbocycles. The van der Waals surface area contributed by atoms with Gasteiger partial charge in [-0.25, -0.2) is 9.37 Å². The van der Waals surface area contributed by atoms with E-state index in [1.54, 1.807) is 30.3 Å². The van der Waals surface area contributed by atoms with Gasteiger partial charge >= 0.3 is 0 Å². The minimum Gasteiger partial charge on any atom is -0.506 e. The SMILES string of the molecule is CN1CCN(c2cc3nc(C4=C(O)c5ccccc5C4=O)cnc3cc2F)CC1. The summed E-state index contributed by atoms with van der Waals surface area (Å²) in [6, 6.07) is 9.95. The first-order valence-electron chi connectivity index (χ1n) is 9.50. The summed E-state index contributed by atoms with van der Waals surface area (Å²) in [4.78, 5) is 25.8. The van der Waals surface area contributed by atoms with Crippen molar-refractivity contribution in [1.82, 2.24) is 14.9 Å². The van der Waals surface area contributed by atoms with E-state index in [0.29, 0.717) is 27.8 Å². The highest BCUT2D eigenvalue weighted by Crippen LogP contribution is 2.36. The topological polar surface area (TPSA) is 69.6 Å². The van der Waals surface area contributed by atoms with Gasteiger partial charge in [0.2, 0.25) is 0 Å². The molecule has 29 heavy (non-hydrogen) atoms. The van der Waals surface area contributed by atoms with Crippen molar-refractivity contribution in [3.8, 4) is 0 Å². The highest BCUT2D eigenvalue weighted by atomic mass is 19.1. The number of hydrogen-bond acceptors (Lipinski definition) is 6. The smallest absolute Gasteiger partial charge is 0.199 e. The first-order chi connectivity index (χ1) is 14.0. The van der Waals surface area contributed by atoms with Crippen molar-refractivity contribution in [1.29, 1.82) is 0 Å². The van der Waals surface area contributed by atoms with Crippen molar-refractivity contribution in [3.63, 3.8) is 0 Å². The number of rotatable bonds is 2. The molecule has 0 radical (unpaired) electrons. The summed E-state index contributed by atoms with van der Waals surface area (Å²) in [5.74, 6) is -0.718. The van der Waals surface area contributed by atoms with Gasteiger partial charge < -0.3 is 14.9 Å². The molecule has 1 aliphatic heterocycles. The second-order valence-corrected chi connectivity index (χ2v) is 7.44. The van der Waals surface area contributed by atoms with Gasteiger partial charge in [0.1, 0.15) is 11.6 Å². The number of aliphatic hydroxyl groups is 1. The highest BCUT2D eigenvalue weighted by molar-refractivity contribution is 6.38. The Kier molecular flexibility index (Phi) is 4.06. The van der Waals surface area contributed by atoms with Crippen LogP contribution in [0.25, 0.3) is 22.4 Å². The number of Topliss-reactive ketones (excluding diaryl/α,β-unsaturated/α-hetero) is 1. The summed E-state index contributed by atoms with van der Waals surface area (Å²) in [7, 11) is 2.04. The number of aliphatic hydroxyl groups excluding tert-OH is 1. The average molecular weight is 390 g/mol. The van der Waals surface area contributed by atoms with Crippen molar-refractivity contribution in [2.24, 2.45) is 0 Å².